The molecule has 1 amide bonds. The molecule has 0 heterocycles. The summed E-state index contributed by atoms with van der Waals surface area (Å²) in [4.78, 5) is 11.8. The van der Waals surface area contributed by atoms with Crippen LogP contribution < -0.4 is 10.6 Å². The Morgan fingerprint density at radius 3 is 2.61 bits per heavy atom. The van der Waals surface area contributed by atoms with Gasteiger partial charge < -0.3 is 15.4 Å². The molecule has 1 saturated carbocycles. The number of carbonyl (C=O) groups is 1. The van der Waals surface area contributed by atoms with Crippen LogP contribution in [-0.4, -0.2) is 38.3 Å². The second-order valence-corrected chi connectivity index (χ2v) is 5.36. The molecule has 0 aromatic rings. The second kappa shape index (κ2) is 8.48. The van der Waals surface area contributed by atoms with Crippen molar-refractivity contribution >= 4 is 5.91 Å². The van der Waals surface area contributed by atoms with Crippen LogP contribution in [-0.2, 0) is 9.53 Å². The third kappa shape index (κ3) is 5.36. The molecule has 18 heavy (non-hydrogen) atoms. The summed E-state index contributed by atoms with van der Waals surface area (Å²) in [5.41, 5.74) is 0. The molecule has 0 saturated heterocycles. The number of ether oxygens (including phenoxy) is 1. The van der Waals surface area contributed by atoms with Gasteiger partial charge in [0, 0.05) is 26.3 Å². The van der Waals surface area contributed by atoms with Crippen LogP contribution in [0.3, 0.4) is 0 Å². The summed E-state index contributed by atoms with van der Waals surface area (Å²) in [5.74, 6) is 0.838. The fraction of sp³-hybridized carbons (Fsp3) is 0.929. The van der Waals surface area contributed by atoms with Crippen molar-refractivity contribution in [1.29, 1.82) is 0 Å². The van der Waals surface area contributed by atoms with Crippen LogP contribution in [0.5, 0.6) is 0 Å². The van der Waals surface area contributed by atoms with Gasteiger partial charge in [0.2, 0.25) is 5.91 Å². The maximum absolute atomic E-state index is 11.8. The van der Waals surface area contributed by atoms with Crippen molar-refractivity contribution in [2.45, 2.75) is 58.0 Å². The van der Waals surface area contributed by atoms with E-state index in [1.165, 1.54) is 25.7 Å². The van der Waals surface area contributed by atoms with Crippen LogP contribution in [0, 0.1) is 5.92 Å². The molecule has 0 radical (unpaired) electrons. The van der Waals surface area contributed by atoms with Gasteiger partial charge in [-0.2, -0.15) is 0 Å². The molecule has 1 fully saturated rings. The van der Waals surface area contributed by atoms with Crippen molar-refractivity contribution in [2.75, 3.05) is 20.3 Å². The predicted molar refractivity (Wildman–Crippen MR) is 73.5 cm³/mol. The van der Waals surface area contributed by atoms with Gasteiger partial charge in [-0.15, -0.1) is 0 Å². The first-order chi connectivity index (χ1) is 8.65. The van der Waals surface area contributed by atoms with E-state index in [0.29, 0.717) is 19.2 Å². The van der Waals surface area contributed by atoms with Gasteiger partial charge >= 0.3 is 0 Å². The van der Waals surface area contributed by atoms with Crippen molar-refractivity contribution in [3.05, 3.63) is 0 Å². The Morgan fingerprint density at radius 2 is 2.00 bits per heavy atom. The molecule has 2 unspecified atom stereocenters. The highest BCUT2D eigenvalue weighted by atomic mass is 16.5. The molecule has 4 nitrogen and oxygen atoms in total. The SMILES string of the molecule is COCCCNC(=O)C(C)NC(C)C1CCCC1. The third-order valence-electron chi connectivity index (χ3n) is 3.84. The standard InChI is InChI=1S/C14H28N2O2/c1-11(13-7-4-5-8-13)16-12(2)14(17)15-9-6-10-18-3/h11-13,16H,4-10H2,1-3H3,(H,15,17). The molecule has 4 heteroatoms. The first-order valence-corrected chi connectivity index (χ1v) is 7.18. The van der Waals surface area contributed by atoms with E-state index in [0.717, 1.165) is 12.3 Å². The van der Waals surface area contributed by atoms with Gasteiger partial charge in [0.25, 0.3) is 0 Å². The highest BCUT2D eigenvalue weighted by Gasteiger charge is 2.24. The number of rotatable bonds is 8. The van der Waals surface area contributed by atoms with Gasteiger partial charge in [0.15, 0.2) is 0 Å². The Morgan fingerprint density at radius 1 is 1.33 bits per heavy atom. The molecule has 0 bridgehead atoms. The Hall–Kier alpha value is -0.610. The molecule has 1 rings (SSSR count). The quantitative estimate of drug-likeness (QED) is 0.650. The van der Waals surface area contributed by atoms with Crippen LogP contribution in [0.4, 0.5) is 0 Å². The minimum absolute atomic E-state index is 0.0935. The lowest BCUT2D eigenvalue weighted by Crippen LogP contribution is -2.47. The van der Waals surface area contributed by atoms with Crippen LogP contribution in [0.25, 0.3) is 0 Å². The van der Waals surface area contributed by atoms with Crippen LogP contribution in [0.2, 0.25) is 0 Å². The molecular formula is C14H28N2O2. The first kappa shape index (κ1) is 15.4. The molecule has 1 aliphatic carbocycles. The van der Waals surface area contributed by atoms with Crippen molar-refractivity contribution in [2.24, 2.45) is 5.92 Å². The zero-order valence-electron chi connectivity index (χ0n) is 12.0. The highest BCUT2D eigenvalue weighted by Crippen LogP contribution is 2.27. The molecule has 2 N–H and O–H groups in total. The lowest BCUT2D eigenvalue weighted by Gasteiger charge is -2.24. The summed E-state index contributed by atoms with van der Waals surface area (Å²) in [6.45, 7) is 5.53. The fourth-order valence-corrected chi connectivity index (χ4v) is 2.64. The topological polar surface area (TPSA) is 50.4 Å². The Kier molecular flexibility index (Phi) is 7.28. The Bertz CT molecular complexity index is 240. The van der Waals surface area contributed by atoms with Gasteiger partial charge in [0.1, 0.15) is 0 Å². The van der Waals surface area contributed by atoms with Crippen LogP contribution >= 0.6 is 0 Å². The third-order valence-corrected chi connectivity index (χ3v) is 3.84. The second-order valence-electron chi connectivity index (χ2n) is 5.36. The molecular weight excluding hydrogens is 228 g/mol. The van der Waals surface area contributed by atoms with Gasteiger partial charge in [-0.1, -0.05) is 12.8 Å². The Labute approximate surface area is 111 Å². The van der Waals surface area contributed by atoms with Crippen molar-refractivity contribution in [3.8, 4) is 0 Å². The summed E-state index contributed by atoms with van der Waals surface area (Å²) < 4.78 is 4.95. The zero-order chi connectivity index (χ0) is 13.4. The Balaban J connectivity index is 2.17. The van der Waals surface area contributed by atoms with E-state index in [-0.39, 0.29) is 11.9 Å². The first-order valence-electron chi connectivity index (χ1n) is 7.18. The van der Waals surface area contributed by atoms with E-state index < -0.39 is 0 Å². The number of carbonyl (C=O) groups excluding carboxylic acids is 1. The van der Waals surface area contributed by atoms with Crippen LogP contribution in [0.15, 0.2) is 0 Å². The molecule has 106 valence electrons. The van der Waals surface area contributed by atoms with E-state index >= 15 is 0 Å². The van der Waals surface area contributed by atoms with E-state index in [1.54, 1.807) is 7.11 Å². The summed E-state index contributed by atoms with van der Waals surface area (Å²) in [6.07, 6.45) is 6.16. The summed E-state index contributed by atoms with van der Waals surface area (Å²) in [5, 5.41) is 6.35. The summed E-state index contributed by atoms with van der Waals surface area (Å²) in [6, 6.07) is 0.329. The monoisotopic (exact) mass is 256 g/mol. The van der Waals surface area contributed by atoms with Gasteiger partial charge in [-0.05, 0) is 39.0 Å². The van der Waals surface area contributed by atoms with Gasteiger partial charge in [-0.25, -0.2) is 0 Å². The maximum atomic E-state index is 11.8. The van der Waals surface area contributed by atoms with E-state index in [9.17, 15) is 4.79 Å². The smallest absolute Gasteiger partial charge is 0.236 e. The predicted octanol–water partition coefficient (Wildman–Crippen LogP) is 1.70. The number of hydrogen-bond donors (Lipinski definition) is 2. The average Bonchev–Trinajstić information content (AvgIpc) is 2.88. The minimum atomic E-state index is -0.108. The van der Waals surface area contributed by atoms with Crippen molar-refractivity contribution in [1.82, 2.24) is 10.6 Å². The molecule has 0 aliphatic heterocycles. The molecule has 2 atom stereocenters. The van der Waals surface area contributed by atoms with Gasteiger partial charge in [-0.3, -0.25) is 4.79 Å². The van der Waals surface area contributed by atoms with Gasteiger partial charge in [0.05, 0.1) is 6.04 Å². The number of amides is 1. The van der Waals surface area contributed by atoms with Crippen molar-refractivity contribution in [3.63, 3.8) is 0 Å². The molecule has 0 aromatic heterocycles. The highest BCUT2D eigenvalue weighted by molar-refractivity contribution is 5.81. The molecule has 0 spiro atoms. The van der Waals surface area contributed by atoms with E-state index in [4.69, 9.17) is 4.74 Å². The maximum Gasteiger partial charge on any atom is 0.236 e. The number of methoxy groups -OCH3 is 1. The van der Waals surface area contributed by atoms with Crippen molar-refractivity contribution < 1.29 is 9.53 Å². The summed E-state index contributed by atoms with van der Waals surface area (Å²) in [7, 11) is 1.68. The lowest BCUT2D eigenvalue weighted by atomic mass is 9.99. The normalized spacial score (nSPS) is 19.7. The number of hydrogen-bond acceptors (Lipinski definition) is 3. The lowest BCUT2D eigenvalue weighted by molar-refractivity contribution is -0.123. The minimum Gasteiger partial charge on any atom is -0.385 e. The molecule has 1 aliphatic rings. The van der Waals surface area contributed by atoms with E-state index in [1.807, 2.05) is 6.92 Å². The average molecular weight is 256 g/mol. The largest absolute Gasteiger partial charge is 0.385 e. The molecule has 0 aromatic carbocycles. The number of nitrogens with one attached hydrogen (secondary N) is 2. The van der Waals surface area contributed by atoms with E-state index in [2.05, 4.69) is 17.6 Å². The summed E-state index contributed by atoms with van der Waals surface area (Å²) >= 11 is 0. The van der Waals surface area contributed by atoms with Crippen LogP contribution in [0.1, 0.15) is 46.0 Å². The fourth-order valence-electron chi connectivity index (χ4n) is 2.64. The zero-order valence-corrected chi connectivity index (χ0v) is 12.0.